The van der Waals surface area contributed by atoms with Gasteiger partial charge in [-0.25, -0.2) is 0 Å². The van der Waals surface area contributed by atoms with Crippen LogP contribution in [0, 0.1) is 0 Å². The molecule has 5 rings (SSSR count). The molecule has 0 unspecified atom stereocenters. The van der Waals surface area contributed by atoms with Gasteiger partial charge in [0.2, 0.25) is 0 Å². The Morgan fingerprint density at radius 1 is 0.364 bits per heavy atom. The molecule has 0 aliphatic rings. The zero-order valence-electron chi connectivity index (χ0n) is 18.1. The monoisotopic (exact) mass is 490 g/mol. The Bertz CT molecular complexity index is 1230. The third-order valence-electron chi connectivity index (χ3n) is 5.49. The van der Waals surface area contributed by atoms with Crippen molar-refractivity contribution >= 4 is 50.1 Å². The van der Waals surface area contributed by atoms with Crippen LogP contribution in [0.4, 0.5) is 34.1 Å². The molecule has 0 aliphatic heterocycles. The van der Waals surface area contributed by atoms with Crippen molar-refractivity contribution in [1.29, 1.82) is 0 Å². The summed E-state index contributed by atoms with van der Waals surface area (Å²) in [6.45, 7) is 0. The first-order chi connectivity index (χ1) is 16.3. The number of hydrogen-bond acceptors (Lipinski definition) is 2. The predicted molar refractivity (Wildman–Crippen MR) is 144 cm³/mol. The quantitative estimate of drug-likeness (QED) is 0.233. The molecule has 0 spiro atoms. The van der Waals surface area contributed by atoms with Gasteiger partial charge in [0.05, 0.1) is 5.69 Å². The number of hydrogen-bond donors (Lipinski definition) is 0. The van der Waals surface area contributed by atoms with Crippen LogP contribution in [0.15, 0.2) is 144 Å². The van der Waals surface area contributed by atoms with Crippen LogP contribution in [0.3, 0.4) is 0 Å². The van der Waals surface area contributed by atoms with Gasteiger partial charge < -0.3 is 9.80 Å². The molecule has 0 aromatic heterocycles. The van der Waals surface area contributed by atoms with Gasteiger partial charge in [-0.2, -0.15) is 0 Å². The Kier molecular flexibility index (Phi) is 6.23. The van der Waals surface area contributed by atoms with Gasteiger partial charge in [0, 0.05) is 32.9 Å². The summed E-state index contributed by atoms with van der Waals surface area (Å²) in [7, 11) is 0. The predicted octanol–water partition coefficient (Wildman–Crippen LogP) is 9.39. The molecule has 2 nitrogen and oxygen atoms in total. The second kappa shape index (κ2) is 9.76. The summed E-state index contributed by atoms with van der Waals surface area (Å²) in [4.78, 5) is 4.53. The smallest absolute Gasteiger partial charge is 0.0605 e. The van der Waals surface area contributed by atoms with E-state index in [2.05, 4.69) is 141 Å². The van der Waals surface area contributed by atoms with E-state index in [0.717, 1.165) is 38.6 Å². The lowest BCUT2D eigenvalue weighted by atomic mass is 10.1. The third-order valence-corrected chi connectivity index (χ3v) is 6.12. The topological polar surface area (TPSA) is 6.48 Å². The van der Waals surface area contributed by atoms with E-state index >= 15 is 0 Å². The molecule has 0 saturated carbocycles. The molecular weight excluding hydrogens is 468 g/mol. The molecule has 5 aromatic rings. The van der Waals surface area contributed by atoms with Gasteiger partial charge in [0.1, 0.15) is 0 Å². The van der Waals surface area contributed by atoms with Crippen molar-refractivity contribution in [2.45, 2.75) is 0 Å². The largest absolute Gasteiger partial charge is 0.310 e. The van der Waals surface area contributed by atoms with E-state index in [4.69, 9.17) is 0 Å². The van der Waals surface area contributed by atoms with E-state index in [0.29, 0.717) is 0 Å². The Hall–Kier alpha value is -3.82. The van der Waals surface area contributed by atoms with Gasteiger partial charge in [-0.1, -0.05) is 72.8 Å². The average Bonchev–Trinajstić information content (AvgIpc) is 2.88. The minimum absolute atomic E-state index is 1.02. The van der Waals surface area contributed by atoms with Gasteiger partial charge in [-0.05, 0) is 82.7 Å². The van der Waals surface area contributed by atoms with Crippen LogP contribution >= 0.6 is 15.9 Å². The second-order valence-electron chi connectivity index (χ2n) is 7.65. The standard InChI is InChI=1S/C30H23BrN2/c31-29-23-28(32(24-13-5-1-6-14-24)25-15-7-2-8-16-25)21-22-30(29)33(26-17-9-3-10-18-26)27-19-11-4-12-20-27/h1-23H. The summed E-state index contributed by atoms with van der Waals surface area (Å²) in [5, 5.41) is 0. The normalized spacial score (nSPS) is 10.6. The van der Waals surface area contributed by atoms with E-state index < -0.39 is 0 Å². The van der Waals surface area contributed by atoms with Crippen LogP contribution in [0.1, 0.15) is 0 Å². The molecule has 0 radical (unpaired) electrons. The fraction of sp³-hybridized carbons (Fsp3) is 0. The lowest BCUT2D eigenvalue weighted by molar-refractivity contribution is 1.25. The molecule has 3 heteroatoms. The van der Waals surface area contributed by atoms with Crippen molar-refractivity contribution in [1.82, 2.24) is 0 Å². The molecular formula is C30H23BrN2. The number of para-hydroxylation sites is 4. The Labute approximate surface area is 203 Å². The molecule has 0 N–H and O–H groups in total. The van der Waals surface area contributed by atoms with Crippen LogP contribution in [-0.2, 0) is 0 Å². The molecule has 33 heavy (non-hydrogen) atoms. The van der Waals surface area contributed by atoms with Crippen LogP contribution in [0.2, 0.25) is 0 Å². The van der Waals surface area contributed by atoms with E-state index in [-0.39, 0.29) is 0 Å². The molecule has 0 saturated heterocycles. The maximum absolute atomic E-state index is 3.89. The van der Waals surface area contributed by atoms with Crippen LogP contribution < -0.4 is 9.80 Å². The maximum atomic E-state index is 3.89. The third kappa shape index (κ3) is 4.55. The number of benzene rings is 5. The van der Waals surface area contributed by atoms with Crippen molar-refractivity contribution in [3.05, 3.63) is 144 Å². The Balaban J connectivity index is 1.62. The van der Waals surface area contributed by atoms with E-state index in [1.165, 1.54) is 0 Å². The van der Waals surface area contributed by atoms with Gasteiger partial charge in [0.15, 0.2) is 0 Å². The first-order valence-electron chi connectivity index (χ1n) is 10.9. The summed E-state index contributed by atoms with van der Waals surface area (Å²) in [5.74, 6) is 0. The van der Waals surface area contributed by atoms with Gasteiger partial charge in [0.25, 0.3) is 0 Å². The molecule has 0 fully saturated rings. The fourth-order valence-corrected chi connectivity index (χ4v) is 4.54. The second-order valence-corrected chi connectivity index (χ2v) is 8.50. The molecule has 0 aliphatic carbocycles. The van der Waals surface area contributed by atoms with Gasteiger partial charge >= 0.3 is 0 Å². The minimum atomic E-state index is 1.02. The maximum Gasteiger partial charge on any atom is 0.0605 e. The summed E-state index contributed by atoms with van der Waals surface area (Å²) < 4.78 is 1.02. The van der Waals surface area contributed by atoms with Crippen molar-refractivity contribution in [3.8, 4) is 0 Å². The summed E-state index contributed by atoms with van der Waals surface area (Å²) in [5.41, 5.74) is 6.62. The zero-order valence-corrected chi connectivity index (χ0v) is 19.6. The molecule has 0 bridgehead atoms. The highest BCUT2D eigenvalue weighted by molar-refractivity contribution is 9.10. The Morgan fingerprint density at radius 2 is 0.727 bits per heavy atom. The number of halogens is 1. The van der Waals surface area contributed by atoms with Crippen molar-refractivity contribution < 1.29 is 0 Å². The molecule has 5 aromatic carbocycles. The molecule has 160 valence electrons. The molecule has 0 atom stereocenters. The van der Waals surface area contributed by atoms with Crippen molar-refractivity contribution in [2.24, 2.45) is 0 Å². The fourth-order valence-electron chi connectivity index (χ4n) is 4.00. The minimum Gasteiger partial charge on any atom is -0.310 e. The molecule has 0 heterocycles. The number of nitrogens with zero attached hydrogens (tertiary/aromatic N) is 2. The summed E-state index contributed by atoms with van der Waals surface area (Å²) in [6, 6.07) is 48.4. The lowest BCUT2D eigenvalue weighted by Gasteiger charge is -2.29. The van der Waals surface area contributed by atoms with Crippen LogP contribution in [0.5, 0.6) is 0 Å². The van der Waals surface area contributed by atoms with E-state index in [1.54, 1.807) is 0 Å². The number of rotatable bonds is 6. The van der Waals surface area contributed by atoms with E-state index in [1.807, 2.05) is 24.3 Å². The van der Waals surface area contributed by atoms with Crippen LogP contribution in [-0.4, -0.2) is 0 Å². The summed E-state index contributed by atoms with van der Waals surface area (Å²) in [6.07, 6.45) is 0. The first-order valence-corrected chi connectivity index (χ1v) is 11.7. The highest BCUT2D eigenvalue weighted by atomic mass is 79.9. The Morgan fingerprint density at radius 3 is 1.09 bits per heavy atom. The highest BCUT2D eigenvalue weighted by Crippen LogP contribution is 2.42. The lowest BCUT2D eigenvalue weighted by Crippen LogP contribution is -2.12. The number of anilines is 6. The SMILES string of the molecule is Brc1cc(N(c2ccccc2)c2ccccc2)ccc1N(c1ccccc1)c1ccccc1. The van der Waals surface area contributed by atoms with Crippen LogP contribution in [0.25, 0.3) is 0 Å². The first kappa shape index (κ1) is 21.0. The highest BCUT2D eigenvalue weighted by Gasteiger charge is 2.18. The van der Waals surface area contributed by atoms with Gasteiger partial charge in [-0.15, -0.1) is 0 Å². The van der Waals surface area contributed by atoms with Gasteiger partial charge in [-0.3, -0.25) is 0 Å². The van der Waals surface area contributed by atoms with Crippen molar-refractivity contribution in [3.63, 3.8) is 0 Å². The van der Waals surface area contributed by atoms with Crippen molar-refractivity contribution in [2.75, 3.05) is 9.80 Å². The van der Waals surface area contributed by atoms with E-state index in [9.17, 15) is 0 Å². The summed E-state index contributed by atoms with van der Waals surface area (Å²) >= 11 is 3.89. The average molecular weight is 491 g/mol. The molecule has 0 amide bonds. The zero-order chi connectivity index (χ0) is 22.5.